The van der Waals surface area contributed by atoms with E-state index in [9.17, 15) is 15.0 Å². The van der Waals surface area contributed by atoms with Crippen molar-refractivity contribution in [1.82, 2.24) is 19.4 Å². The van der Waals surface area contributed by atoms with Crippen molar-refractivity contribution in [2.75, 3.05) is 25.4 Å². The highest BCUT2D eigenvalue weighted by atomic mass is 16.5. The second kappa shape index (κ2) is 7.49. The predicted octanol–water partition coefficient (Wildman–Crippen LogP) is 2.21. The van der Waals surface area contributed by atoms with Crippen LogP contribution in [0.2, 0.25) is 0 Å². The number of aliphatic hydroxyl groups is 1. The zero-order valence-corrected chi connectivity index (χ0v) is 16.3. The molecule has 154 valence electrons. The molecule has 4 rings (SSSR count). The van der Waals surface area contributed by atoms with E-state index in [1.165, 1.54) is 4.90 Å². The van der Waals surface area contributed by atoms with E-state index in [4.69, 9.17) is 10.5 Å². The zero-order valence-electron chi connectivity index (χ0n) is 16.3. The SMILES string of the molecule is CCOCc1nc2c(N)nc3ccccc3c2n1CC1(O)CCN(C(=O)O)CC1. The zero-order chi connectivity index (χ0) is 20.6. The van der Waals surface area contributed by atoms with Gasteiger partial charge < -0.3 is 30.2 Å². The number of benzene rings is 1. The summed E-state index contributed by atoms with van der Waals surface area (Å²) in [6, 6.07) is 7.69. The highest BCUT2D eigenvalue weighted by molar-refractivity contribution is 6.06. The topological polar surface area (TPSA) is 127 Å². The molecule has 2 aromatic heterocycles. The van der Waals surface area contributed by atoms with Crippen molar-refractivity contribution < 1.29 is 19.7 Å². The highest BCUT2D eigenvalue weighted by Crippen LogP contribution is 2.32. The van der Waals surface area contributed by atoms with E-state index >= 15 is 0 Å². The van der Waals surface area contributed by atoms with Crippen LogP contribution in [0.4, 0.5) is 10.6 Å². The molecular weight excluding hydrogens is 374 g/mol. The third kappa shape index (κ3) is 3.58. The van der Waals surface area contributed by atoms with Gasteiger partial charge in [0.2, 0.25) is 0 Å². The number of aromatic nitrogens is 3. The molecule has 1 aromatic carbocycles. The average molecular weight is 399 g/mol. The summed E-state index contributed by atoms with van der Waals surface area (Å²) in [5.74, 6) is 1.00. The van der Waals surface area contributed by atoms with Crippen molar-refractivity contribution in [1.29, 1.82) is 0 Å². The molecule has 1 aliphatic heterocycles. The number of anilines is 1. The van der Waals surface area contributed by atoms with Crippen molar-refractivity contribution in [3.63, 3.8) is 0 Å². The summed E-state index contributed by atoms with van der Waals surface area (Å²) in [6.45, 7) is 3.61. The Hall–Kier alpha value is -2.91. The number of hydrogen-bond acceptors (Lipinski definition) is 6. The molecule has 29 heavy (non-hydrogen) atoms. The van der Waals surface area contributed by atoms with Crippen molar-refractivity contribution in [2.45, 2.75) is 38.5 Å². The molecule has 1 saturated heterocycles. The van der Waals surface area contributed by atoms with Crippen LogP contribution < -0.4 is 5.73 Å². The van der Waals surface area contributed by atoms with E-state index in [2.05, 4.69) is 9.97 Å². The third-order valence-corrected chi connectivity index (χ3v) is 5.54. The number of nitrogens with zero attached hydrogens (tertiary/aromatic N) is 4. The van der Waals surface area contributed by atoms with Crippen molar-refractivity contribution in [3.8, 4) is 0 Å². The average Bonchev–Trinajstić information content (AvgIpc) is 3.05. The Kier molecular flexibility index (Phi) is 5.01. The number of rotatable bonds is 5. The molecule has 9 heteroatoms. The van der Waals surface area contributed by atoms with Crippen LogP contribution in [0.5, 0.6) is 0 Å². The number of fused-ring (bicyclic) bond motifs is 3. The van der Waals surface area contributed by atoms with Gasteiger partial charge in [-0.3, -0.25) is 0 Å². The number of pyridine rings is 1. The van der Waals surface area contributed by atoms with Crippen molar-refractivity contribution >= 4 is 33.8 Å². The lowest BCUT2D eigenvalue weighted by molar-refractivity contribution is -0.0302. The van der Waals surface area contributed by atoms with Gasteiger partial charge in [0.15, 0.2) is 5.82 Å². The number of para-hydroxylation sites is 1. The number of hydrogen-bond donors (Lipinski definition) is 3. The van der Waals surface area contributed by atoms with Gasteiger partial charge in [-0.05, 0) is 25.8 Å². The molecular formula is C20H25N5O4. The lowest BCUT2D eigenvalue weighted by Gasteiger charge is -2.37. The fourth-order valence-electron chi connectivity index (χ4n) is 3.95. The molecule has 0 unspecified atom stereocenters. The first kappa shape index (κ1) is 19.4. The van der Waals surface area contributed by atoms with Crippen LogP contribution in [0, 0.1) is 0 Å². The predicted molar refractivity (Wildman–Crippen MR) is 109 cm³/mol. The van der Waals surface area contributed by atoms with Gasteiger partial charge in [-0.2, -0.15) is 0 Å². The fraction of sp³-hybridized carbons (Fsp3) is 0.450. The Bertz CT molecular complexity index is 1060. The number of imidazole rings is 1. The van der Waals surface area contributed by atoms with Crippen molar-refractivity contribution in [3.05, 3.63) is 30.1 Å². The molecule has 0 aliphatic carbocycles. The van der Waals surface area contributed by atoms with E-state index in [0.717, 1.165) is 16.4 Å². The normalized spacial score (nSPS) is 16.6. The molecule has 1 aliphatic rings. The number of carbonyl (C=O) groups is 1. The van der Waals surface area contributed by atoms with Gasteiger partial charge in [0.25, 0.3) is 0 Å². The second-order valence-corrected chi connectivity index (χ2v) is 7.46. The summed E-state index contributed by atoms with van der Waals surface area (Å²) in [7, 11) is 0. The molecule has 0 atom stereocenters. The van der Waals surface area contributed by atoms with Crippen LogP contribution in [0.15, 0.2) is 24.3 Å². The molecule has 0 bridgehead atoms. The van der Waals surface area contributed by atoms with Crippen LogP contribution in [-0.2, 0) is 17.9 Å². The molecule has 0 spiro atoms. The van der Waals surface area contributed by atoms with Gasteiger partial charge in [0.1, 0.15) is 17.9 Å². The van der Waals surface area contributed by atoms with Crippen LogP contribution >= 0.6 is 0 Å². The molecule has 1 amide bonds. The Balaban J connectivity index is 1.80. The summed E-state index contributed by atoms with van der Waals surface area (Å²) < 4.78 is 7.56. The summed E-state index contributed by atoms with van der Waals surface area (Å²) in [6.07, 6.45) is -0.251. The van der Waals surface area contributed by atoms with Crippen molar-refractivity contribution in [2.24, 2.45) is 0 Å². The number of amides is 1. The lowest BCUT2D eigenvalue weighted by Crippen LogP contribution is -2.48. The Morgan fingerprint density at radius 1 is 1.28 bits per heavy atom. The second-order valence-electron chi connectivity index (χ2n) is 7.46. The highest BCUT2D eigenvalue weighted by Gasteiger charge is 2.35. The number of nitrogens with two attached hydrogens (primary N) is 1. The van der Waals surface area contributed by atoms with E-state index in [1.54, 1.807) is 0 Å². The first-order chi connectivity index (χ1) is 13.9. The first-order valence-corrected chi connectivity index (χ1v) is 9.73. The van der Waals surface area contributed by atoms with Gasteiger partial charge in [-0.1, -0.05) is 18.2 Å². The van der Waals surface area contributed by atoms with Gasteiger partial charge in [0.05, 0.1) is 23.2 Å². The van der Waals surface area contributed by atoms with Crippen LogP contribution in [-0.4, -0.2) is 61.0 Å². The van der Waals surface area contributed by atoms with E-state index in [0.29, 0.717) is 49.7 Å². The van der Waals surface area contributed by atoms with Gasteiger partial charge >= 0.3 is 6.09 Å². The smallest absolute Gasteiger partial charge is 0.407 e. The molecule has 0 radical (unpaired) electrons. The molecule has 4 N–H and O–H groups in total. The third-order valence-electron chi connectivity index (χ3n) is 5.54. The molecule has 3 aromatic rings. The Morgan fingerprint density at radius 3 is 2.69 bits per heavy atom. The largest absolute Gasteiger partial charge is 0.465 e. The summed E-state index contributed by atoms with van der Waals surface area (Å²) in [5.41, 5.74) is 7.31. The van der Waals surface area contributed by atoms with Gasteiger partial charge in [-0.15, -0.1) is 0 Å². The minimum absolute atomic E-state index is 0.285. The lowest BCUT2D eigenvalue weighted by atomic mass is 9.91. The maximum Gasteiger partial charge on any atom is 0.407 e. The number of piperidine rings is 1. The minimum atomic E-state index is -1.04. The monoisotopic (exact) mass is 399 g/mol. The Morgan fingerprint density at radius 2 is 2.00 bits per heavy atom. The molecule has 3 heterocycles. The van der Waals surface area contributed by atoms with E-state index < -0.39 is 11.7 Å². The molecule has 9 nitrogen and oxygen atoms in total. The van der Waals surface area contributed by atoms with Crippen LogP contribution in [0.3, 0.4) is 0 Å². The fourth-order valence-corrected chi connectivity index (χ4v) is 3.95. The standard InChI is InChI=1S/C20H25N5O4/c1-2-29-11-15-23-16-17(13-5-3-4-6-14(13)22-18(16)21)25(15)12-20(28)7-9-24(10-8-20)19(26)27/h3-6,28H,2,7-12H2,1H3,(H2,21,22)(H,26,27). The molecule has 0 saturated carbocycles. The minimum Gasteiger partial charge on any atom is -0.465 e. The quantitative estimate of drug-likeness (QED) is 0.600. The number of likely N-dealkylation sites (tertiary alicyclic amines) is 1. The summed E-state index contributed by atoms with van der Waals surface area (Å²) in [4.78, 5) is 21.7. The van der Waals surface area contributed by atoms with Crippen LogP contribution in [0.25, 0.3) is 21.9 Å². The van der Waals surface area contributed by atoms with Gasteiger partial charge in [-0.25, -0.2) is 14.8 Å². The maximum absolute atomic E-state index is 11.2. The van der Waals surface area contributed by atoms with E-state index in [1.807, 2.05) is 35.8 Å². The van der Waals surface area contributed by atoms with Crippen LogP contribution in [0.1, 0.15) is 25.6 Å². The number of nitrogen functional groups attached to an aromatic ring is 1. The maximum atomic E-state index is 11.2. The number of carboxylic acid groups (broad SMARTS) is 1. The Labute approximate surface area is 167 Å². The first-order valence-electron chi connectivity index (χ1n) is 9.73. The molecule has 1 fully saturated rings. The summed E-state index contributed by atoms with van der Waals surface area (Å²) in [5, 5.41) is 21.3. The van der Waals surface area contributed by atoms with E-state index in [-0.39, 0.29) is 13.2 Å². The summed E-state index contributed by atoms with van der Waals surface area (Å²) >= 11 is 0. The number of ether oxygens (including phenoxy) is 1. The van der Waals surface area contributed by atoms with Gasteiger partial charge in [0, 0.05) is 25.1 Å².